The number of aryl methyl sites for hydroxylation is 1. The molecule has 5 N–H and O–H groups in total. The summed E-state index contributed by atoms with van der Waals surface area (Å²) in [5, 5.41) is 35.9. The lowest BCUT2D eigenvalue weighted by Crippen LogP contribution is -2.43. The van der Waals surface area contributed by atoms with E-state index in [1.165, 1.54) is 11.6 Å². The maximum Gasteiger partial charge on any atom is 0.220 e. The number of nitrogens with zero attached hydrogens (tertiary/aromatic N) is 1. The summed E-state index contributed by atoms with van der Waals surface area (Å²) >= 11 is 0. The molecule has 1 unspecified atom stereocenters. The van der Waals surface area contributed by atoms with Gasteiger partial charge in [-0.05, 0) is 61.9 Å². The van der Waals surface area contributed by atoms with Gasteiger partial charge < -0.3 is 26.0 Å². The van der Waals surface area contributed by atoms with Gasteiger partial charge in [0.1, 0.15) is 17.5 Å². The van der Waals surface area contributed by atoms with E-state index in [0.717, 1.165) is 24.0 Å². The number of rotatable bonds is 13. The topological polar surface area (TPSA) is 115 Å². The molecule has 3 aromatic rings. The zero-order chi connectivity index (χ0) is 26.0. The quantitative estimate of drug-likeness (QED) is 0.251. The second-order valence-electron chi connectivity index (χ2n) is 9.72. The molecule has 7 nitrogen and oxygen atoms in total. The Balaban J connectivity index is 1.45. The molecule has 36 heavy (non-hydrogen) atoms. The second-order valence-corrected chi connectivity index (χ2v) is 9.72. The van der Waals surface area contributed by atoms with Crippen molar-refractivity contribution in [3.8, 4) is 5.75 Å². The number of carbonyl (C=O) groups excluding carboxylic acids is 1. The van der Waals surface area contributed by atoms with E-state index in [2.05, 4.69) is 53.7 Å². The second kappa shape index (κ2) is 13.2. The Hall–Kier alpha value is -3.26. The van der Waals surface area contributed by atoms with Gasteiger partial charge in [0.15, 0.2) is 0 Å². The molecule has 0 saturated carbocycles. The van der Waals surface area contributed by atoms with Crippen LogP contribution in [-0.4, -0.2) is 44.8 Å². The first-order valence-electron chi connectivity index (χ1n) is 12.4. The van der Waals surface area contributed by atoms with Gasteiger partial charge in [0.25, 0.3) is 0 Å². The molecule has 1 amide bonds. The standard InChI is InChI=1S/C29H37N3O4/c1-29(2,31-19-27(35)24-12-13-26(34)25(20-33)32-24)18-23-10-6-9-22(17-23)11-14-28(36)30-16-15-21-7-4-3-5-8-21/h3-10,12-13,17,27,31,33-35H,11,14-16,18-20H2,1-2H3,(H,30,36). The Morgan fingerprint density at radius 1 is 0.972 bits per heavy atom. The normalized spacial score (nSPS) is 12.3. The summed E-state index contributed by atoms with van der Waals surface area (Å²) in [4.78, 5) is 16.4. The zero-order valence-electron chi connectivity index (χ0n) is 21.1. The first-order chi connectivity index (χ1) is 17.3. The Kier molecular flexibility index (Phi) is 9.99. The van der Waals surface area contributed by atoms with Crippen LogP contribution in [0.5, 0.6) is 5.75 Å². The SMILES string of the molecule is CC(C)(Cc1cccc(CCC(=O)NCCc2ccccc2)c1)NCC(O)c1ccc(O)c(CO)n1. The van der Waals surface area contributed by atoms with Crippen LogP contribution in [0.15, 0.2) is 66.7 Å². The lowest BCUT2D eigenvalue weighted by Gasteiger charge is -2.28. The van der Waals surface area contributed by atoms with Gasteiger partial charge in [0, 0.05) is 25.0 Å². The summed E-state index contributed by atoms with van der Waals surface area (Å²) < 4.78 is 0. The molecule has 1 atom stereocenters. The van der Waals surface area contributed by atoms with Crippen molar-refractivity contribution in [2.24, 2.45) is 0 Å². The number of benzene rings is 2. The average Bonchev–Trinajstić information content (AvgIpc) is 2.87. The minimum atomic E-state index is -0.873. The zero-order valence-corrected chi connectivity index (χ0v) is 21.1. The summed E-state index contributed by atoms with van der Waals surface area (Å²) in [5.41, 5.74) is 3.71. The Morgan fingerprint density at radius 3 is 2.44 bits per heavy atom. The van der Waals surface area contributed by atoms with Gasteiger partial charge in [-0.25, -0.2) is 4.98 Å². The van der Waals surface area contributed by atoms with E-state index in [0.29, 0.717) is 25.1 Å². The van der Waals surface area contributed by atoms with Crippen LogP contribution in [0, 0.1) is 0 Å². The molecule has 0 radical (unpaired) electrons. The number of aliphatic hydroxyl groups is 2. The molecule has 192 valence electrons. The highest BCUT2D eigenvalue weighted by Crippen LogP contribution is 2.20. The van der Waals surface area contributed by atoms with Gasteiger partial charge in [-0.1, -0.05) is 54.6 Å². The summed E-state index contributed by atoms with van der Waals surface area (Å²) in [7, 11) is 0. The number of aromatic nitrogens is 1. The van der Waals surface area contributed by atoms with E-state index in [1.54, 1.807) is 6.07 Å². The van der Waals surface area contributed by atoms with E-state index in [9.17, 15) is 20.1 Å². The van der Waals surface area contributed by atoms with Gasteiger partial charge in [0.2, 0.25) is 5.91 Å². The third-order valence-electron chi connectivity index (χ3n) is 6.09. The van der Waals surface area contributed by atoms with Crippen LogP contribution >= 0.6 is 0 Å². The molecule has 3 rings (SSSR count). The number of nitrogens with one attached hydrogen (secondary N) is 2. The first kappa shape index (κ1) is 27.3. The number of β-amino-alcohol motifs (C(OH)–C–C–N with tert-alkyl or cyclic N) is 1. The van der Waals surface area contributed by atoms with Crippen molar-refractivity contribution in [3.63, 3.8) is 0 Å². The fraction of sp³-hybridized carbons (Fsp3) is 0.379. The summed E-state index contributed by atoms with van der Waals surface area (Å²) in [6.07, 6.45) is 1.81. The third kappa shape index (κ3) is 8.75. The molecule has 0 spiro atoms. The van der Waals surface area contributed by atoms with Crippen molar-refractivity contribution < 1.29 is 20.1 Å². The molecule has 0 bridgehead atoms. The highest BCUT2D eigenvalue weighted by Gasteiger charge is 2.21. The fourth-order valence-electron chi connectivity index (χ4n) is 4.10. The number of carbonyl (C=O) groups is 1. The minimum Gasteiger partial charge on any atom is -0.506 e. The number of pyridine rings is 1. The molecule has 0 aliphatic heterocycles. The molecule has 1 aromatic heterocycles. The fourth-order valence-corrected chi connectivity index (χ4v) is 4.10. The van der Waals surface area contributed by atoms with Gasteiger partial charge >= 0.3 is 0 Å². The number of hydrogen-bond acceptors (Lipinski definition) is 6. The predicted molar refractivity (Wildman–Crippen MR) is 140 cm³/mol. The van der Waals surface area contributed by atoms with E-state index in [1.807, 2.05) is 30.3 Å². The Morgan fingerprint density at radius 2 is 1.69 bits per heavy atom. The maximum absolute atomic E-state index is 12.3. The van der Waals surface area contributed by atoms with Crippen LogP contribution in [0.3, 0.4) is 0 Å². The van der Waals surface area contributed by atoms with E-state index in [4.69, 9.17) is 0 Å². The van der Waals surface area contributed by atoms with E-state index in [-0.39, 0.29) is 29.4 Å². The monoisotopic (exact) mass is 491 g/mol. The van der Waals surface area contributed by atoms with Gasteiger partial charge in [-0.3, -0.25) is 4.79 Å². The molecule has 0 aliphatic carbocycles. The van der Waals surface area contributed by atoms with Crippen molar-refractivity contribution in [2.45, 2.75) is 57.8 Å². The van der Waals surface area contributed by atoms with Gasteiger partial charge in [0.05, 0.1) is 12.3 Å². The number of hydrogen-bond donors (Lipinski definition) is 5. The highest BCUT2D eigenvalue weighted by atomic mass is 16.3. The molecule has 2 aromatic carbocycles. The van der Waals surface area contributed by atoms with Gasteiger partial charge in [-0.2, -0.15) is 0 Å². The molecule has 1 heterocycles. The smallest absolute Gasteiger partial charge is 0.220 e. The van der Waals surface area contributed by atoms with Crippen LogP contribution in [0.2, 0.25) is 0 Å². The molecular weight excluding hydrogens is 454 g/mol. The Labute approximate surface area is 213 Å². The van der Waals surface area contributed by atoms with Crippen molar-refractivity contribution in [2.75, 3.05) is 13.1 Å². The maximum atomic E-state index is 12.3. The Bertz CT molecular complexity index is 1120. The van der Waals surface area contributed by atoms with Crippen LogP contribution < -0.4 is 10.6 Å². The molecular formula is C29H37N3O4. The summed E-state index contributed by atoms with van der Waals surface area (Å²) in [6, 6.07) is 21.3. The van der Waals surface area contributed by atoms with Crippen LogP contribution in [0.1, 0.15) is 54.5 Å². The third-order valence-corrected chi connectivity index (χ3v) is 6.09. The van der Waals surface area contributed by atoms with E-state index < -0.39 is 12.7 Å². The van der Waals surface area contributed by atoms with Crippen LogP contribution in [0.4, 0.5) is 0 Å². The summed E-state index contributed by atoms with van der Waals surface area (Å²) in [5.74, 6) is -0.0363. The predicted octanol–water partition coefficient (Wildman–Crippen LogP) is 3.22. The van der Waals surface area contributed by atoms with Crippen molar-refractivity contribution >= 4 is 5.91 Å². The van der Waals surface area contributed by atoms with Crippen LogP contribution in [-0.2, 0) is 30.7 Å². The minimum absolute atomic E-state index is 0.0551. The number of aliphatic hydroxyl groups excluding tert-OH is 2. The van der Waals surface area contributed by atoms with Crippen molar-refractivity contribution in [3.05, 3.63) is 94.8 Å². The van der Waals surface area contributed by atoms with E-state index >= 15 is 0 Å². The molecule has 7 heteroatoms. The highest BCUT2D eigenvalue weighted by molar-refractivity contribution is 5.76. The number of aromatic hydroxyl groups is 1. The first-order valence-corrected chi connectivity index (χ1v) is 12.4. The van der Waals surface area contributed by atoms with Crippen molar-refractivity contribution in [1.29, 1.82) is 0 Å². The molecule has 0 aliphatic rings. The number of amides is 1. The summed E-state index contributed by atoms with van der Waals surface area (Å²) in [6.45, 7) is 4.65. The van der Waals surface area contributed by atoms with Crippen molar-refractivity contribution in [1.82, 2.24) is 15.6 Å². The van der Waals surface area contributed by atoms with Crippen LogP contribution in [0.25, 0.3) is 0 Å². The van der Waals surface area contributed by atoms with Gasteiger partial charge in [-0.15, -0.1) is 0 Å². The largest absolute Gasteiger partial charge is 0.506 e. The lowest BCUT2D eigenvalue weighted by atomic mass is 9.93. The average molecular weight is 492 g/mol. The lowest BCUT2D eigenvalue weighted by molar-refractivity contribution is -0.121. The molecule has 0 fully saturated rings. The molecule has 0 saturated heterocycles.